The number of likely N-dealkylation sites (tertiary alicyclic amines) is 1. The number of aromatic nitrogens is 1. The maximum atomic E-state index is 12.8. The zero-order valence-electron chi connectivity index (χ0n) is 18.1. The first-order valence-corrected chi connectivity index (χ1v) is 11.0. The Balaban J connectivity index is 1.31. The highest BCUT2D eigenvalue weighted by atomic mass is 16.5. The molecule has 2 aliphatic rings. The third kappa shape index (κ3) is 7.25. The summed E-state index contributed by atoms with van der Waals surface area (Å²) in [5, 5.41) is 11.4. The van der Waals surface area contributed by atoms with Crippen molar-refractivity contribution in [2.45, 2.75) is 37.8 Å². The van der Waals surface area contributed by atoms with E-state index in [1.165, 1.54) is 0 Å². The Morgan fingerprint density at radius 1 is 1.09 bits per heavy atom. The molecule has 32 heavy (non-hydrogen) atoms. The van der Waals surface area contributed by atoms with Crippen LogP contribution in [0.1, 0.15) is 37.3 Å². The van der Waals surface area contributed by atoms with E-state index in [1.807, 2.05) is 17.0 Å². The van der Waals surface area contributed by atoms with Crippen LogP contribution in [0.2, 0.25) is 0 Å². The highest BCUT2D eigenvalue weighted by Gasteiger charge is 2.49. The largest absolute Gasteiger partial charge is 0.481 e. The highest BCUT2D eigenvalue weighted by Crippen LogP contribution is 2.44. The summed E-state index contributed by atoms with van der Waals surface area (Å²) in [6.07, 6.45) is 5.59. The zero-order chi connectivity index (χ0) is 22.8. The van der Waals surface area contributed by atoms with Gasteiger partial charge in [0.05, 0.1) is 58.0 Å². The van der Waals surface area contributed by atoms with Gasteiger partial charge in [0.2, 0.25) is 11.8 Å². The molecule has 1 saturated heterocycles. The summed E-state index contributed by atoms with van der Waals surface area (Å²) in [5.74, 6) is -1.44. The summed E-state index contributed by atoms with van der Waals surface area (Å²) in [7, 11) is 0. The molecule has 1 aromatic heterocycles. The molecular formula is C22H31N3O7. The number of ether oxygens (including phenoxy) is 3. The summed E-state index contributed by atoms with van der Waals surface area (Å²) in [5.41, 5.74) is 0.894. The third-order valence-electron chi connectivity index (χ3n) is 5.42. The number of carbonyl (C=O) groups is 3. The molecule has 0 spiro atoms. The van der Waals surface area contributed by atoms with Gasteiger partial charge in [-0.05, 0) is 24.5 Å². The van der Waals surface area contributed by atoms with Crippen LogP contribution in [-0.2, 0) is 28.6 Å². The van der Waals surface area contributed by atoms with E-state index < -0.39 is 11.9 Å². The minimum atomic E-state index is -0.890. The maximum Gasteiger partial charge on any atom is 0.305 e. The second-order valence-corrected chi connectivity index (χ2v) is 7.85. The number of hydrogen-bond donors (Lipinski definition) is 2. The van der Waals surface area contributed by atoms with E-state index >= 15 is 0 Å². The molecule has 2 amide bonds. The van der Waals surface area contributed by atoms with E-state index in [-0.39, 0.29) is 43.3 Å². The fourth-order valence-corrected chi connectivity index (χ4v) is 3.80. The van der Waals surface area contributed by atoms with Crippen molar-refractivity contribution in [1.29, 1.82) is 0 Å². The van der Waals surface area contributed by atoms with Crippen molar-refractivity contribution in [2.75, 3.05) is 46.2 Å². The minimum Gasteiger partial charge on any atom is -0.481 e. The quantitative estimate of drug-likeness (QED) is 0.376. The average Bonchev–Trinajstić information content (AvgIpc) is 3.56. The lowest BCUT2D eigenvalue weighted by Crippen LogP contribution is -2.37. The molecule has 1 aliphatic heterocycles. The maximum absolute atomic E-state index is 12.8. The SMILES string of the molecule is O=C(O)CCOCCOCCOCCNC(=O)[C@H]1CC(=O)N(C2CC2)[C@@H]1c1cccnc1. The molecular weight excluding hydrogens is 418 g/mol. The van der Waals surface area contributed by atoms with Crippen molar-refractivity contribution in [3.63, 3.8) is 0 Å². The lowest BCUT2D eigenvalue weighted by molar-refractivity contribution is -0.138. The van der Waals surface area contributed by atoms with Crippen molar-refractivity contribution < 1.29 is 33.7 Å². The number of amides is 2. The molecule has 176 valence electrons. The molecule has 2 heterocycles. The van der Waals surface area contributed by atoms with Crippen LogP contribution in [0.5, 0.6) is 0 Å². The smallest absolute Gasteiger partial charge is 0.305 e. The van der Waals surface area contributed by atoms with Gasteiger partial charge in [-0.1, -0.05) is 6.07 Å². The average molecular weight is 450 g/mol. The van der Waals surface area contributed by atoms with Crippen LogP contribution in [0, 0.1) is 5.92 Å². The molecule has 2 fully saturated rings. The number of pyridine rings is 1. The summed E-state index contributed by atoms with van der Waals surface area (Å²) >= 11 is 0. The molecule has 10 heteroatoms. The van der Waals surface area contributed by atoms with Gasteiger partial charge in [-0.3, -0.25) is 19.4 Å². The molecule has 0 bridgehead atoms. The van der Waals surface area contributed by atoms with Gasteiger partial charge in [-0.15, -0.1) is 0 Å². The van der Waals surface area contributed by atoms with E-state index in [4.69, 9.17) is 19.3 Å². The second kappa shape index (κ2) is 12.5. The normalized spacial score (nSPS) is 20.5. The Morgan fingerprint density at radius 3 is 2.41 bits per heavy atom. The highest BCUT2D eigenvalue weighted by molar-refractivity contribution is 5.90. The lowest BCUT2D eigenvalue weighted by atomic mass is 9.93. The number of carboxylic acid groups (broad SMARTS) is 1. The number of hydrogen-bond acceptors (Lipinski definition) is 7. The number of carboxylic acids is 1. The van der Waals surface area contributed by atoms with E-state index in [2.05, 4.69) is 10.3 Å². The molecule has 3 rings (SSSR count). The predicted octanol–water partition coefficient (Wildman–Crippen LogP) is 0.774. The van der Waals surface area contributed by atoms with Gasteiger partial charge in [-0.2, -0.15) is 0 Å². The first-order valence-electron chi connectivity index (χ1n) is 11.0. The third-order valence-corrected chi connectivity index (χ3v) is 5.42. The lowest BCUT2D eigenvalue weighted by Gasteiger charge is -2.28. The Labute approximate surface area is 187 Å². The Bertz CT molecular complexity index is 757. The van der Waals surface area contributed by atoms with Crippen molar-refractivity contribution >= 4 is 17.8 Å². The fraction of sp³-hybridized carbons (Fsp3) is 0.636. The zero-order valence-corrected chi connectivity index (χ0v) is 18.1. The number of rotatable bonds is 15. The van der Waals surface area contributed by atoms with Gasteiger partial charge in [0.15, 0.2) is 0 Å². The van der Waals surface area contributed by atoms with E-state index in [0.29, 0.717) is 39.6 Å². The Hall–Kier alpha value is -2.56. The van der Waals surface area contributed by atoms with Crippen molar-refractivity contribution in [2.24, 2.45) is 5.92 Å². The first-order chi connectivity index (χ1) is 15.6. The second-order valence-electron chi connectivity index (χ2n) is 7.85. The molecule has 2 N–H and O–H groups in total. The summed E-state index contributed by atoms with van der Waals surface area (Å²) in [6, 6.07) is 3.72. The van der Waals surface area contributed by atoms with Gasteiger partial charge >= 0.3 is 5.97 Å². The number of nitrogens with zero attached hydrogens (tertiary/aromatic N) is 2. The fourth-order valence-electron chi connectivity index (χ4n) is 3.80. The summed E-state index contributed by atoms with van der Waals surface area (Å²) < 4.78 is 15.9. The standard InChI is InChI=1S/C22H31N3O7/c26-19-14-18(21(25(19)17-3-4-17)16-2-1-6-23-15-16)22(29)24-7-9-31-11-13-32-12-10-30-8-5-20(27)28/h1-2,6,15,17-18,21H,3-5,7-14H2,(H,24,29)(H,27,28)/t18-,21+/m0/s1. The van der Waals surface area contributed by atoms with Crippen LogP contribution in [0.25, 0.3) is 0 Å². The monoisotopic (exact) mass is 449 g/mol. The molecule has 0 radical (unpaired) electrons. The van der Waals surface area contributed by atoms with E-state index in [9.17, 15) is 14.4 Å². The number of nitrogens with one attached hydrogen (secondary N) is 1. The minimum absolute atomic E-state index is 0.0224. The van der Waals surface area contributed by atoms with Crippen LogP contribution in [0.15, 0.2) is 24.5 Å². The Kier molecular flexibility index (Phi) is 9.39. The Morgan fingerprint density at radius 2 is 1.78 bits per heavy atom. The van der Waals surface area contributed by atoms with Crippen LogP contribution in [0.3, 0.4) is 0 Å². The van der Waals surface area contributed by atoms with Gasteiger partial charge in [0.1, 0.15) is 0 Å². The number of carbonyl (C=O) groups excluding carboxylic acids is 2. The van der Waals surface area contributed by atoms with Crippen LogP contribution >= 0.6 is 0 Å². The molecule has 10 nitrogen and oxygen atoms in total. The van der Waals surface area contributed by atoms with E-state index in [1.54, 1.807) is 12.4 Å². The van der Waals surface area contributed by atoms with Gasteiger partial charge in [0.25, 0.3) is 0 Å². The predicted molar refractivity (Wildman–Crippen MR) is 113 cm³/mol. The molecule has 1 aliphatic carbocycles. The number of aliphatic carboxylic acids is 1. The van der Waals surface area contributed by atoms with Crippen molar-refractivity contribution in [3.05, 3.63) is 30.1 Å². The topological polar surface area (TPSA) is 127 Å². The molecule has 2 atom stereocenters. The summed E-state index contributed by atoms with van der Waals surface area (Å²) in [4.78, 5) is 41.8. The van der Waals surface area contributed by atoms with Crippen molar-refractivity contribution in [1.82, 2.24) is 15.2 Å². The van der Waals surface area contributed by atoms with Gasteiger partial charge in [-0.25, -0.2) is 0 Å². The first kappa shape index (κ1) is 24.1. The molecule has 0 aromatic carbocycles. The van der Waals surface area contributed by atoms with E-state index in [0.717, 1.165) is 18.4 Å². The van der Waals surface area contributed by atoms with Crippen LogP contribution in [-0.4, -0.2) is 85.0 Å². The summed E-state index contributed by atoms with van der Waals surface area (Å²) in [6.45, 7) is 2.32. The molecule has 0 unspecified atom stereocenters. The van der Waals surface area contributed by atoms with Crippen LogP contribution in [0.4, 0.5) is 0 Å². The molecule has 1 aromatic rings. The van der Waals surface area contributed by atoms with Crippen molar-refractivity contribution in [3.8, 4) is 0 Å². The van der Waals surface area contributed by atoms with Gasteiger partial charge in [0, 0.05) is 31.4 Å². The van der Waals surface area contributed by atoms with Gasteiger partial charge < -0.3 is 29.5 Å². The van der Waals surface area contributed by atoms with Crippen LogP contribution < -0.4 is 5.32 Å². The molecule has 1 saturated carbocycles.